The molecule has 1 N–H and O–H groups in total. The summed E-state index contributed by atoms with van der Waals surface area (Å²) in [5.74, 6) is -0.0153. The van der Waals surface area contributed by atoms with Crippen LogP contribution in [0.4, 0.5) is 4.39 Å². The first kappa shape index (κ1) is 14.0. The molecule has 0 spiro atoms. The van der Waals surface area contributed by atoms with Gasteiger partial charge in [-0.25, -0.2) is 4.39 Å². The van der Waals surface area contributed by atoms with Crippen LogP contribution in [0.5, 0.6) is 5.75 Å². The number of rotatable bonds is 4. The van der Waals surface area contributed by atoms with Gasteiger partial charge in [0.05, 0.1) is 7.11 Å². The van der Waals surface area contributed by atoms with Gasteiger partial charge in [0.25, 0.3) is 0 Å². The molecule has 0 bridgehead atoms. The van der Waals surface area contributed by atoms with Gasteiger partial charge in [-0.05, 0) is 36.6 Å². The first-order valence-corrected chi connectivity index (χ1v) is 5.88. The Hall–Kier alpha value is -1.09. The second-order valence-electron chi connectivity index (χ2n) is 5.50. The molecule has 0 aromatic heterocycles. The molecule has 0 radical (unpaired) electrons. The average molecular weight is 239 g/mol. The van der Waals surface area contributed by atoms with Gasteiger partial charge in [0.1, 0.15) is 0 Å². The highest BCUT2D eigenvalue weighted by Crippen LogP contribution is 2.30. The summed E-state index contributed by atoms with van der Waals surface area (Å²) in [6, 6.07) is 5.30. The largest absolute Gasteiger partial charge is 0.494 e. The van der Waals surface area contributed by atoms with Gasteiger partial charge in [0.15, 0.2) is 11.6 Å². The van der Waals surface area contributed by atoms with E-state index in [4.69, 9.17) is 4.74 Å². The molecule has 1 aromatic carbocycles. The molecule has 0 heterocycles. The number of benzene rings is 1. The van der Waals surface area contributed by atoms with Gasteiger partial charge in [-0.2, -0.15) is 0 Å². The zero-order valence-corrected chi connectivity index (χ0v) is 11.3. The van der Waals surface area contributed by atoms with Crippen LogP contribution in [0.3, 0.4) is 0 Å². The predicted octanol–water partition coefficient (Wildman–Crippen LogP) is 3.53. The second kappa shape index (κ2) is 5.50. The first-order chi connectivity index (χ1) is 7.87. The molecule has 0 aliphatic rings. The Morgan fingerprint density at radius 2 is 2.00 bits per heavy atom. The summed E-state index contributed by atoms with van der Waals surface area (Å²) in [4.78, 5) is 0. The van der Waals surface area contributed by atoms with Crippen molar-refractivity contribution in [3.8, 4) is 5.75 Å². The minimum Gasteiger partial charge on any atom is -0.494 e. The number of hydrogen-bond acceptors (Lipinski definition) is 2. The molecule has 0 aliphatic heterocycles. The quantitative estimate of drug-likeness (QED) is 0.868. The van der Waals surface area contributed by atoms with Crippen LogP contribution in [0.1, 0.15) is 38.8 Å². The van der Waals surface area contributed by atoms with Gasteiger partial charge in [-0.15, -0.1) is 0 Å². The first-order valence-electron chi connectivity index (χ1n) is 5.88. The molecule has 3 heteroatoms. The van der Waals surface area contributed by atoms with E-state index in [0.717, 1.165) is 12.0 Å². The highest BCUT2D eigenvalue weighted by atomic mass is 19.1. The van der Waals surface area contributed by atoms with E-state index in [-0.39, 0.29) is 17.3 Å². The third-order valence-electron chi connectivity index (χ3n) is 2.74. The SMILES string of the molecule is CNC(CC(C)(C)C)c1ccc(OC)c(F)c1. The average Bonchev–Trinajstić information content (AvgIpc) is 2.24. The van der Waals surface area contributed by atoms with Crippen molar-refractivity contribution in [1.82, 2.24) is 5.32 Å². The maximum atomic E-state index is 13.6. The molecular formula is C14H22FNO. The fourth-order valence-electron chi connectivity index (χ4n) is 1.90. The van der Waals surface area contributed by atoms with Crippen molar-refractivity contribution in [3.63, 3.8) is 0 Å². The molecule has 0 saturated carbocycles. The van der Waals surface area contributed by atoms with E-state index in [1.54, 1.807) is 12.1 Å². The van der Waals surface area contributed by atoms with Crippen LogP contribution in [0.25, 0.3) is 0 Å². The monoisotopic (exact) mass is 239 g/mol. The van der Waals surface area contributed by atoms with Crippen LogP contribution < -0.4 is 10.1 Å². The van der Waals surface area contributed by atoms with Crippen molar-refractivity contribution in [2.45, 2.75) is 33.2 Å². The maximum absolute atomic E-state index is 13.6. The highest BCUT2D eigenvalue weighted by Gasteiger charge is 2.19. The van der Waals surface area contributed by atoms with Crippen molar-refractivity contribution in [3.05, 3.63) is 29.6 Å². The molecule has 2 nitrogen and oxygen atoms in total. The lowest BCUT2D eigenvalue weighted by atomic mass is 9.85. The number of nitrogens with one attached hydrogen (secondary N) is 1. The zero-order chi connectivity index (χ0) is 13.1. The zero-order valence-electron chi connectivity index (χ0n) is 11.3. The number of ether oxygens (including phenoxy) is 1. The Kier molecular flexibility index (Phi) is 4.52. The second-order valence-corrected chi connectivity index (χ2v) is 5.50. The molecule has 1 rings (SSSR count). The van der Waals surface area contributed by atoms with Crippen LogP contribution in [0.2, 0.25) is 0 Å². The van der Waals surface area contributed by atoms with Crippen LogP contribution in [0.15, 0.2) is 18.2 Å². The van der Waals surface area contributed by atoms with Gasteiger partial charge >= 0.3 is 0 Å². The molecule has 1 aromatic rings. The molecule has 0 amide bonds. The van der Waals surface area contributed by atoms with E-state index in [1.165, 1.54) is 7.11 Å². The summed E-state index contributed by atoms with van der Waals surface area (Å²) in [6.45, 7) is 6.53. The number of methoxy groups -OCH3 is 1. The Labute approximate surface area is 103 Å². The van der Waals surface area contributed by atoms with Gasteiger partial charge in [-0.1, -0.05) is 26.8 Å². The van der Waals surface area contributed by atoms with Crippen molar-refractivity contribution in [2.24, 2.45) is 5.41 Å². The normalized spacial score (nSPS) is 13.5. The Bertz CT molecular complexity index is 371. The molecule has 0 saturated heterocycles. The summed E-state index contributed by atoms with van der Waals surface area (Å²) < 4.78 is 18.5. The lowest BCUT2D eigenvalue weighted by Gasteiger charge is -2.26. The van der Waals surface area contributed by atoms with Gasteiger partial charge in [0, 0.05) is 6.04 Å². The van der Waals surface area contributed by atoms with Crippen LogP contribution in [-0.4, -0.2) is 14.2 Å². The number of hydrogen-bond donors (Lipinski definition) is 1. The molecule has 17 heavy (non-hydrogen) atoms. The fourth-order valence-corrected chi connectivity index (χ4v) is 1.90. The van der Waals surface area contributed by atoms with E-state index in [0.29, 0.717) is 5.75 Å². The van der Waals surface area contributed by atoms with Crippen molar-refractivity contribution in [2.75, 3.05) is 14.2 Å². The molecule has 96 valence electrons. The Morgan fingerprint density at radius 1 is 1.35 bits per heavy atom. The molecule has 1 atom stereocenters. The summed E-state index contributed by atoms with van der Waals surface area (Å²) in [5.41, 5.74) is 1.16. The standard InChI is InChI=1S/C14H22FNO/c1-14(2,3)9-12(16-4)10-6-7-13(17-5)11(15)8-10/h6-8,12,16H,9H2,1-5H3. The summed E-state index contributed by atoms with van der Waals surface area (Å²) >= 11 is 0. The molecule has 0 fully saturated rings. The van der Waals surface area contributed by atoms with E-state index in [2.05, 4.69) is 26.1 Å². The topological polar surface area (TPSA) is 21.3 Å². The third kappa shape index (κ3) is 4.00. The third-order valence-corrected chi connectivity index (χ3v) is 2.74. The van der Waals surface area contributed by atoms with Crippen molar-refractivity contribution >= 4 is 0 Å². The van der Waals surface area contributed by atoms with E-state index >= 15 is 0 Å². The number of halogens is 1. The van der Waals surface area contributed by atoms with E-state index < -0.39 is 0 Å². The van der Waals surface area contributed by atoms with Crippen molar-refractivity contribution < 1.29 is 9.13 Å². The fraction of sp³-hybridized carbons (Fsp3) is 0.571. The molecule has 1 unspecified atom stereocenters. The predicted molar refractivity (Wildman–Crippen MR) is 68.8 cm³/mol. The summed E-state index contributed by atoms with van der Waals surface area (Å²) in [5, 5.41) is 3.23. The van der Waals surface area contributed by atoms with E-state index in [1.807, 2.05) is 13.1 Å². The van der Waals surface area contributed by atoms with E-state index in [9.17, 15) is 4.39 Å². The van der Waals surface area contributed by atoms with Crippen molar-refractivity contribution in [1.29, 1.82) is 0 Å². The lowest BCUT2D eigenvalue weighted by molar-refractivity contribution is 0.319. The van der Waals surface area contributed by atoms with Crippen LogP contribution in [0, 0.1) is 11.2 Å². The van der Waals surface area contributed by atoms with Gasteiger partial charge < -0.3 is 10.1 Å². The smallest absolute Gasteiger partial charge is 0.165 e. The van der Waals surface area contributed by atoms with Gasteiger partial charge in [0.2, 0.25) is 0 Å². The Morgan fingerprint density at radius 3 is 2.41 bits per heavy atom. The minimum absolute atomic E-state index is 0.162. The maximum Gasteiger partial charge on any atom is 0.165 e. The molecular weight excluding hydrogens is 217 g/mol. The summed E-state index contributed by atoms with van der Waals surface area (Å²) in [6.07, 6.45) is 0.954. The Balaban J connectivity index is 2.93. The summed E-state index contributed by atoms with van der Waals surface area (Å²) in [7, 11) is 3.38. The van der Waals surface area contributed by atoms with Crippen LogP contribution in [-0.2, 0) is 0 Å². The highest BCUT2D eigenvalue weighted by molar-refractivity contribution is 5.31. The lowest BCUT2D eigenvalue weighted by Crippen LogP contribution is -2.22. The molecule has 0 aliphatic carbocycles. The van der Waals surface area contributed by atoms with Crippen LogP contribution >= 0.6 is 0 Å². The minimum atomic E-state index is -0.306. The van der Waals surface area contributed by atoms with Gasteiger partial charge in [-0.3, -0.25) is 0 Å².